The highest BCUT2D eigenvalue weighted by Crippen LogP contribution is 2.31. The molecule has 1 aliphatic heterocycles. The minimum Gasteiger partial charge on any atom is -0.375 e. The van der Waals surface area contributed by atoms with Crippen molar-refractivity contribution < 1.29 is 4.74 Å². The molecule has 3 rings (SSSR count). The molecule has 0 N–H and O–H groups in total. The first-order chi connectivity index (χ1) is 8.34. The summed E-state index contributed by atoms with van der Waals surface area (Å²) in [6.45, 7) is 3.01. The fourth-order valence-corrected chi connectivity index (χ4v) is 3.46. The lowest BCUT2D eigenvalue weighted by Gasteiger charge is -2.37. The molecule has 0 bridgehead atoms. The highest BCUT2D eigenvalue weighted by Gasteiger charge is 2.35. The van der Waals surface area contributed by atoms with Gasteiger partial charge in [0.1, 0.15) is 0 Å². The first-order valence-corrected chi connectivity index (χ1v) is 7.23. The van der Waals surface area contributed by atoms with Crippen LogP contribution in [0.15, 0.2) is 28.7 Å². The third kappa shape index (κ3) is 2.42. The molecule has 1 heterocycles. The SMILES string of the molecule is Brc1ccccc1CN1CCOC2CCCC21. The number of nitrogens with zero attached hydrogens (tertiary/aromatic N) is 1. The number of benzene rings is 1. The van der Waals surface area contributed by atoms with E-state index in [9.17, 15) is 0 Å². The fraction of sp³-hybridized carbons (Fsp3) is 0.571. The molecule has 3 heteroatoms. The standard InChI is InChI=1S/C14H18BrNO/c15-12-5-2-1-4-11(12)10-16-8-9-17-14-7-3-6-13(14)16/h1-2,4-5,13-14H,3,6-10H2. The maximum absolute atomic E-state index is 5.85. The van der Waals surface area contributed by atoms with Gasteiger partial charge in [-0.3, -0.25) is 4.90 Å². The van der Waals surface area contributed by atoms with Crippen LogP contribution in [0.2, 0.25) is 0 Å². The molecule has 2 fully saturated rings. The highest BCUT2D eigenvalue weighted by atomic mass is 79.9. The molecule has 92 valence electrons. The third-order valence-electron chi connectivity index (χ3n) is 3.93. The van der Waals surface area contributed by atoms with E-state index in [1.54, 1.807) is 0 Å². The number of rotatable bonds is 2. The van der Waals surface area contributed by atoms with Crippen LogP contribution >= 0.6 is 15.9 Å². The fourth-order valence-electron chi connectivity index (χ4n) is 3.05. The Hall–Kier alpha value is -0.380. The van der Waals surface area contributed by atoms with Gasteiger partial charge in [-0.1, -0.05) is 34.1 Å². The van der Waals surface area contributed by atoms with Gasteiger partial charge in [0.15, 0.2) is 0 Å². The maximum atomic E-state index is 5.85. The zero-order valence-corrected chi connectivity index (χ0v) is 11.5. The molecule has 2 atom stereocenters. The van der Waals surface area contributed by atoms with Crippen molar-refractivity contribution in [2.45, 2.75) is 38.0 Å². The Morgan fingerprint density at radius 1 is 1.29 bits per heavy atom. The summed E-state index contributed by atoms with van der Waals surface area (Å²) in [7, 11) is 0. The van der Waals surface area contributed by atoms with Crippen LogP contribution in [-0.4, -0.2) is 30.2 Å². The topological polar surface area (TPSA) is 12.5 Å². The van der Waals surface area contributed by atoms with Crippen molar-refractivity contribution in [3.63, 3.8) is 0 Å². The second kappa shape index (κ2) is 5.09. The van der Waals surface area contributed by atoms with E-state index in [-0.39, 0.29) is 0 Å². The number of ether oxygens (including phenoxy) is 1. The Bertz CT molecular complexity index is 396. The second-order valence-corrected chi connectivity index (χ2v) is 5.82. The van der Waals surface area contributed by atoms with Gasteiger partial charge in [-0.05, 0) is 30.9 Å². The van der Waals surface area contributed by atoms with Gasteiger partial charge in [-0.2, -0.15) is 0 Å². The highest BCUT2D eigenvalue weighted by molar-refractivity contribution is 9.10. The predicted molar refractivity (Wildman–Crippen MR) is 71.9 cm³/mol. The van der Waals surface area contributed by atoms with Gasteiger partial charge < -0.3 is 4.74 Å². The normalized spacial score (nSPS) is 29.2. The lowest BCUT2D eigenvalue weighted by Crippen LogP contribution is -2.47. The van der Waals surface area contributed by atoms with Crippen molar-refractivity contribution in [3.05, 3.63) is 34.3 Å². The summed E-state index contributed by atoms with van der Waals surface area (Å²) in [5, 5.41) is 0. The summed E-state index contributed by atoms with van der Waals surface area (Å²) < 4.78 is 7.07. The molecular weight excluding hydrogens is 278 g/mol. The Balaban J connectivity index is 1.74. The molecule has 2 aliphatic rings. The Morgan fingerprint density at radius 2 is 2.18 bits per heavy atom. The minimum absolute atomic E-state index is 0.492. The molecule has 0 amide bonds. The predicted octanol–water partition coefficient (Wildman–Crippen LogP) is 3.20. The summed E-state index contributed by atoms with van der Waals surface area (Å²) in [6.07, 6.45) is 4.36. The van der Waals surface area contributed by atoms with Crippen LogP contribution in [0.5, 0.6) is 0 Å². The zero-order valence-electron chi connectivity index (χ0n) is 9.94. The average Bonchev–Trinajstić information content (AvgIpc) is 2.81. The van der Waals surface area contributed by atoms with Crippen LogP contribution in [0.1, 0.15) is 24.8 Å². The van der Waals surface area contributed by atoms with Gasteiger partial charge in [-0.15, -0.1) is 0 Å². The number of hydrogen-bond acceptors (Lipinski definition) is 2. The van der Waals surface area contributed by atoms with Crippen LogP contribution in [0.4, 0.5) is 0 Å². The van der Waals surface area contributed by atoms with E-state index in [0.29, 0.717) is 12.1 Å². The van der Waals surface area contributed by atoms with Gasteiger partial charge in [0.25, 0.3) is 0 Å². The molecule has 17 heavy (non-hydrogen) atoms. The van der Waals surface area contributed by atoms with Crippen molar-refractivity contribution in [2.24, 2.45) is 0 Å². The van der Waals surface area contributed by atoms with Crippen LogP contribution in [0.25, 0.3) is 0 Å². The quantitative estimate of drug-likeness (QED) is 0.831. The van der Waals surface area contributed by atoms with Gasteiger partial charge >= 0.3 is 0 Å². The lowest BCUT2D eigenvalue weighted by molar-refractivity contribution is -0.0588. The molecule has 1 aromatic rings. The molecule has 2 nitrogen and oxygen atoms in total. The van der Waals surface area contributed by atoms with E-state index in [2.05, 4.69) is 45.1 Å². The molecule has 2 unspecified atom stereocenters. The molecule has 1 saturated carbocycles. The summed E-state index contributed by atoms with van der Waals surface area (Å²) in [5.41, 5.74) is 1.39. The summed E-state index contributed by atoms with van der Waals surface area (Å²) in [5.74, 6) is 0. The number of hydrogen-bond donors (Lipinski definition) is 0. The summed E-state index contributed by atoms with van der Waals surface area (Å²) >= 11 is 3.64. The van der Waals surface area contributed by atoms with Crippen molar-refractivity contribution in [1.29, 1.82) is 0 Å². The van der Waals surface area contributed by atoms with Gasteiger partial charge in [0.05, 0.1) is 12.7 Å². The van der Waals surface area contributed by atoms with Gasteiger partial charge in [-0.25, -0.2) is 0 Å². The summed E-state index contributed by atoms with van der Waals surface area (Å²) in [4.78, 5) is 2.60. The Labute approximate surface area is 111 Å². The number of morpholine rings is 1. The monoisotopic (exact) mass is 295 g/mol. The lowest BCUT2D eigenvalue weighted by atomic mass is 10.1. The molecule has 0 aromatic heterocycles. The van der Waals surface area contributed by atoms with Crippen molar-refractivity contribution >= 4 is 15.9 Å². The number of halogens is 1. The van der Waals surface area contributed by atoms with E-state index in [0.717, 1.165) is 19.7 Å². The van der Waals surface area contributed by atoms with E-state index in [1.807, 2.05) is 0 Å². The first-order valence-electron chi connectivity index (χ1n) is 6.43. The molecular formula is C14H18BrNO. The molecule has 1 aliphatic carbocycles. The maximum Gasteiger partial charge on any atom is 0.0731 e. The first kappa shape index (κ1) is 11.7. The van der Waals surface area contributed by atoms with Crippen LogP contribution < -0.4 is 0 Å². The average molecular weight is 296 g/mol. The van der Waals surface area contributed by atoms with Crippen LogP contribution in [0.3, 0.4) is 0 Å². The van der Waals surface area contributed by atoms with Crippen molar-refractivity contribution in [2.75, 3.05) is 13.2 Å². The van der Waals surface area contributed by atoms with Crippen LogP contribution in [-0.2, 0) is 11.3 Å². The molecule has 0 radical (unpaired) electrons. The largest absolute Gasteiger partial charge is 0.375 e. The third-order valence-corrected chi connectivity index (χ3v) is 4.70. The van der Waals surface area contributed by atoms with Gasteiger partial charge in [0.2, 0.25) is 0 Å². The minimum atomic E-state index is 0.492. The van der Waals surface area contributed by atoms with E-state index in [4.69, 9.17) is 4.74 Å². The summed E-state index contributed by atoms with van der Waals surface area (Å²) in [6, 6.07) is 9.18. The van der Waals surface area contributed by atoms with Gasteiger partial charge in [0, 0.05) is 23.6 Å². The Morgan fingerprint density at radius 3 is 3.06 bits per heavy atom. The zero-order chi connectivity index (χ0) is 11.7. The smallest absolute Gasteiger partial charge is 0.0731 e. The van der Waals surface area contributed by atoms with Crippen LogP contribution in [0, 0.1) is 0 Å². The number of fused-ring (bicyclic) bond motifs is 1. The molecule has 1 aromatic carbocycles. The molecule has 1 saturated heterocycles. The van der Waals surface area contributed by atoms with E-state index in [1.165, 1.54) is 29.3 Å². The van der Waals surface area contributed by atoms with Crippen molar-refractivity contribution in [1.82, 2.24) is 4.90 Å². The van der Waals surface area contributed by atoms with Crippen molar-refractivity contribution in [3.8, 4) is 0 Å². The second-order valence-electron chi connectivity index (χ2n) is 4.97. The Kier molecular flexibility index (Phi) is 3.50. The van der Waals surface area contributed by atoms with E-state index < -0.39 is 0 Å². The van der Waals surface area contributed by atoms with E-state index >= 15 is 0 Å². The molecule has 0 spiro atoms.